The van der Waals surface area contributed by atoms with Gasteiger partial charge in [-0.25, -0.2) is 0 Å². The molecule has 0 aromatic heterocycles. The van der Waals surface area contributed by atoms with Crippen LogP contribution in [0.15, 0.2) is 182 Å². The molecule has 8 rings (SSSR count). The van der Waals surface area contributed by atoms with E-state index in [4.69, 9.17) is 5.73 Å². The number of aldehydes is 1. The number of rotatable bonds is 12. The zero-order valence-electron chi connectivity index (χ0n) is 38.2. The lowest BCUT2D eigenvalue weighted by Gasteiger charge is -2.25. The number of nitrogens with one attached hydrogen (secondary N) is 1. The molecule has 0 atom stereocenters. The molecule has 4 amide bonds. The SMILES string of the molecule is C.Nc1ccccc1.O=C(Cc1ccccc1)N1CCN(C(=O)Cc2ccccc2)CC(CNc2ccccc2)C1.O=CC1CN(C(=O)Cc2ccccc2)CCN(C(=O)Cc2ccccc2)C1. The van der Waals surface area contributed by atoms with Crippen LogP contribution in [0, 0.1) is 11.8 Å². The minimum atomic E-state index is -0.355. The highest BCUT2D eigenvalue weighted by molar-refractivity contribution is 5.82. The van der Waals surface area contributed by atoms with Crippen molar-refractivity contribution in [1.82, 2.24) is 19.6 Å². The Hall–Kier alpha value is -7.53. The maximum atomic E-state index is 13.1. The fraction of sp³-hybridized carbons (Fsp3) is 0.281. The van der Waals surface area contributed by atoms with Gasteiger partial charge in [0.1, 0.15) is 6.29 Å². The number of nitrogen functional groups attached to an aromatic ring is 1. The molecule has 11 nitrogen and oxygen atoms in total. The maximum Gasteiger partial charge on any atom is 0.227 e. The minimum Gasteiger partial charge on any atom is -0.399 e. The summed E-state index contributed by atoms with van der Waals surface area (Å²) < 4.78 is 0. The van der Waals surface area contributed by atoms with Crippen LogP contribution >= 0.6 is 0 Å². The first kappa shape index (κ1) is 51.5. The Morgan fingerprint density at radius 2 is 0.721 bits per heavy atom. The molecule has 2 aliphatic rings. The molecule has 354 valence electrons. The molecule has 2 fully saturated rings. The van der Waals surface area contributed by atoms with Gasteiger partial charge in [-0.05, 0) is 46.5 Å². The second-order valence-corrected chi connectivity index (χ2v) is 16.9. The van der Waals surface area contributed by atoms with Crippen LogP contribution in [0.3, 0.4) is 0 Å². The van der Waals surface area contributed by atoms with Crippen LogP contribution in [-0.4, -0.2) is 108 Å². The zero-order chi connectivity index (χ0) is 47.1. The third kappa shape index (κ3) is 17.4. The van der Waals surface area contributed by atoms with Gasteiger partial charge in [0.15, 0.2) is 0 Å². The Morgan fingerprint density at radius 1 is 0.441 bits per heavy atom. The van der Waals surface area contributed by atoms with E-state index in [1.165, 1.54) is 0 Å². The van der Waals surface area contributed by atoms with Crippen LogP contribution in [0.2, 0.25) is 0 Å². The highest BCUT2D eigenvalue weighted by Gasteiger charge is 2.29. The van der Waals surface area contributed by atoms with Gasteiger partial charge in [0.05, 0.1) is 25.7 Å². The number of nitrogens with two attached hydrogens (primary N) is 1. The lowest BCUT2D eigenvalue weighted by molar-refractivity contribution is -0.132. The van der Waals surface area contributed by atoms with Crippen LogP contribution in [0.5, 0.6) is 0 Å². The van der Waals surface area contributed by atoms with E-state index in [2.05, 4.69) is 5.32 Å². The molecule has 6 aromatic rings. The van der Waals surface area contributed by atoms with Gasteiger partial charge in [-0.2, -0.15) is 0 Å². The summed E-state index contributed by atoms with van der Waals surface area (Å²) in [5.74, 6) is 0.00135. The van der Waals surface area contributed by atoms with Crippen molar-refractivity contribution in [2.75, 3.05) is 70.0 Å². The van der Waals surface area contributed by atoms with Crippen molar-refractivity contribution in [2.45, 2.75) is 33.1 Å². The van der Waals surface area contributed by atoms with Gasteiger partial charge in [0.2, 0.25) is 23.6 Å². The summed E-state index contributed by atoms with van der Waals surface area (Å²) in [6.07, 6.45) is 2.25. The number of carbonyl (C=O) groups excluding carboxylic acids is 5. The van der Waals surface area contributed by atoms with Crippen molar-refractivity contribution in [2.24, 2.45) is 11.8 Å². The molecular formula is C57H66N6O5. The van der Waals surface area contributed by atoms with Crippen molar-refractivity contribution >= 4 is 41.3 Å². The Bertz CT molecular complexity index is 2280. The van der Waals surface area contributed by atoms with E-state index in [9.17, 15) is 24.0 Å². The molecule has 0 bridgehead atoms. The Morgan fingerprint density at radius 3 is 1.00 bits per heavy atom. The summed E-state index contributed by atoms with van der Waals surface area (Å²) in [7, 11) is 0. The number of carbonyl (C=O) groups is 5. The summed E-state index contributed by atoms with van der Waals surface area (Å²) in [6.45, 7) is 4.75. The Balaban J connectivity index is 0.000000222. The third-order valence-electron chi connectivity index (χ3n) is 11.7. The predicted molar refractivity (Wildman–Crippen MR) is 272 cm³/mol. The van der Waals surface area contributed by atoms with Crippen LogP contribution < -0.4 is 11.1 Å². The van der Waals surface area contributed by atoms with E-state index in [0.717, 1.165) is 39.9 Å². The van der Waals surface area contributed by atoms with Gasteiger partial charge in [0.25, 0.3) is 0 Å². The molecule has 0 aliphatic carbocycles. The van der Waals surface area contributed by atoms with Crippen molar-refractivity contribution in [3.05, 3.63) is 204 Å². The van der Waals surface area contributed by atoms with Gasteiger partial charge >= 0.3 is 0 Å². The first-order valence-corrected chi connectivity index (χ1v) is 23.0. The van der Waals surface area contributed by atoms with Gasteiger partial charge in [-0.3, -0.25) is 19.2 Å². The molecule has 68 heavy (non-hydrogen) atoms. The first-order chi connectivity index (χ1) is 32.7. The minimum absolute atomic E-state index is 0. The number of amides is 4. The summed E-state index contributed by atoms with van der Waals surface area (Å²) in [5.41, 5.74) is 11.2. The summed E-state index contributed by atoms with van der Waals surface area (Å²) >= 11 is 0. The largest absolute Gasteiger partial charge is 0.399 e. The van der Waals surface area contributed by atoms with Gasteiger partial charge < -0.3 is 35.4 Å². The van der Waals surface area contributed by atoms with Crippen molar-refractivity contribution in [3.63, 3.8) is 0 Å². The molecule has 0 spiro atoms. The normalized spacial score (nSPS) is 14.0. The fourth-order valence-corrected chi connectivity index (χ4v) is 8.07. The highest BCUT2D eigenvalue weighted by atomic mass is 16.2. The van der Waals surface area contributed by atoms with E-state index in [1.54, 1.807) is 9.80 Å². The van der Waals surface area contributed by atoms with E-state index < -0.39 is 0 Å². The Labute approximate surface area is 402 Å². The monoisotopic (exact) mass is 915 g/mol. The number of para-hydroxylation sites is 2. The van der Waals surface area contributed by atoms with Gasteiger partial charge in [-0.15, -0.1) is 0 Å². The second kappa shape index (κ2) is 27.8. The number of benzene rings is 6. The maximum absolute atomic E-state index is 13.1. The lowest BCUT2D eigenvalue weighted by Crippen LogP contribution is -2.38. The van der Waals surface area contributed by atoms with Crippen LogP contribution in [0.1, 0.15) is 29.7 Å². The van der Waals surface area contributed by atoms with Crippen molar-refractivity contribution in [3.8, 4) is 0 Å². The molecule has 11 heteroatoms. The highest BCUT2D eigenvalue weighted by Crippen LogP contribution is 2.17. The van der Waals surface area contributed by atoms with Crippen LogP contribution in [0.25, 0.3) is 0 Å². The molecule has 2 aliphatic heterocycles. The van der Waals surface area contributed by atoms with E-state index in [-0.39, 0.29) is 42.9 Å². The fourth-order valence-electron chi connectivity index (χ4n) is 8.07. The lowest BCUT2D eigenvalue weighted by atomic mass is 10.1. The molecule has 3 N–H and O–H groups in total. The summed E-state index contributed by atoms with van der Waals surface area (Å²) in [6, 6.07) is 58.4. The van der Waals surface area contributed by atoms with E-state index >= 15 is 0 Å². The second-order valence-electron chi connectivity index (χ2n) is 16.9. The van der Waals surface area contributed by atoms with Gasteiger partial charge in [0, 0.05) is 82.1 Å². The topological polar surface area (TPSA) is 136 Å². The molecule has 0 unspecified atom stereocenters. The van der Waals surface area contributed by atoms with E-state index in [0.29, 0.717) is 84.6 Å². The molecular weight excluding hydrogens is 849 g/mol. The van der Waals surface area contributed by atoms with Crippen LogP contribution in [-0.2, 0) is 49.7 Å². The van der Waals surface area contributed by atoms with E-state index in [1.807, 2.05) is 192 Å². The molecule has 0 radical (unpaired) electrons. The predicted octanol–water partition coefficient (Wildman–Crippen LogP) is 7.73. The standard InChI is InChI=1S/C28H31N3O2.C22H24N2O3.C6H7N.CH4/c32-27(18-23-10-4-1-5-11-23)30-16-17-31(28(33)19-24-12-6-2-7-13-24)22-25(21-30)20-29-26-14-8-3-9-15-26;25-17-20-15-23(21(26)13-18-7-3-1-4-8-18)11-12-24(16-20)22(27)14-19-9-5-2-6-10-19;7-6-4-2-1-3-5-6;/h1-15,25,29H,16-22H2;1-10,17,20H,11-16H2;1-5H,7H2;1H4. The smallest absolute Gasteiger partial charge is 0.227 e. The first-order valence-electron chi connectivity index (χ1n) is 23.0. The van der Waals surface area contributed by atoms with Crippen LogP contribution in [0.4, 0.5) is 11.4 Å². The number of nitrogens with zero attached hydrogens (tertiary/aromatic N) is 4. The number of hydrogen-bond acceptors (Lipinski definition) is 7. The Kier molecular flexibility index (Phi) is 21.1. The quantitative estimate of drug-likeness (QED) is 0.0948. The molecule has 2 saturated heterocycles. The number of hydrogen-bond donors (Lipinski definition) is 2. The molecule has 2 heterocycles. The van der Waals surface area contributed by atoms with Crippen molar-refractivity contribution in [1.29, 1.82) is 0 Å². The summed E-state index contributed by atoms with van der Waals surface area (Å²) in [5, 5.41) is 3.48. The molecule has 0 saturated carbocycles. The zero-order valence-corrected chi connectivity index (χ0v) is 38.2. The average Bonchev–Trinajstić information content (AvgIpc) is 3.73. The average molecular weight is 915 g/mol. The number of anilines is 2. The summed E-state index contributed by atoms with van der Waals surface area (Å²) in [4.78, 5) is 70.3. The molecule has 6 aromatic carbocycles. The van der Waals surface area contributed by atoms with Crippen molar-refractivity contribution < 1.29 is 24.0 Å². The third-order valence-corrected chi connectivity index (χ3v) is 11.7. The van der Waals surface area contributed by atoms with Gasteiger partial charge in [-0.1, -0.05) is 165 Å².